The van der Waals surface area contributed by atoms with Crippen molar-refractivity contribution in [3.05, 3.63) is 60.2 Å². The van der Waals surface area contributed by atoms with Crippen LogP contribution in [0.5, 0.6) is 0 Å². The summed E-state index contributed by atoms with van der Waals surface area (Å²) >= 11 is 0. The summed E-state index contributed by atoms with van der Waals surface area (Å²) in [7, 11) is 0. The minimum atomic E-state index is 0.0114. The van der Waals surface area contributed by atoms with Crippen molar-refractivity contribution in [2.45, 2.75) is 32.2 Å². The second-order valence-electron chi connectivity index (χ2n) is 7.74. The molecule has 4 rings (SSSR count). The van der Waals surface area contributed by atoms with Crippen molar-refractivity contribution in [2.24, 2.45) is 5.92 Å². The zero-order valence-corrected chi connectivity index (χ0v) is 16.1. The van der Waals surface area contributed by atoms with Crippen LogP contribution in [0.4, 0.5) is 11.4 Å². The highest BCUT2D eigenvalue weighted by molar-refractivity contribution is 5.96. The fraction of sp³-hybridized carbons (Fsp3) is 0.391. The van der Waals surface area contributed by atoms with Crippen molar-refractivity contribution >= 4 is 23.2 Å². The molecule has 1 atom stereocenters. The quantitative estimate of drug-likeness (QED) is 0.865. The van der Waals surface area contributed by atoms with Gasteiger partial charge in [-0.1, -0.05) is 30.3 Å². The standard InChI is InChI=1S/C23H27N3O2/c27-22-9-5-15-26(22)21-12-10-20(11-13-21)24-23(28)19-8-4-14-25(17-19)16-18-6-2-1-3-7-18/h1-3,6-7,10-13,19H,4-5,8-9,14-17H2,(H,24,28). The van der Waals surface area contributed by atoms with Gasteiger partial charge < -0.3 is 10.2 Å². The number of benzene rings is 2. The highest BCUT2D eigenvalue weighted by Crippen LogP contribution is 2.24. The molecule has 5 heteroatoms. The summed E-state index contributed by atoms with van der Waals surface area (Å²) in [6.45, 7) is 3.51. The van der Waals surface area contributed by atoms with Crippen molar-refractivity contribution in [1.29, 1.82) is 0 Å². The van der Waals surface area contributed by atoms with Crippen LogP contribution in [0.25, 0.3) is 0 Å². The molecule has 2 fully saturated rings. The SMILES string of the molecule is O=C(Nc1ccc(N2CCCC2=O)cc1)C1CCCN(Cc2ccccc2)C1. The molecule has 2 aliphatic heterocycles. The number of rotatable bonds is 5. The second-order valence-corrected chi connectivity index (χ2v) is 7.74. The minimum absolute atomic E-state index is 0.0114. The van der Waals surface area contributed by atoms with Gasteiger partial charge in [0.15, 0.2) is 0 Å². The van der Waals surface area contributed by atoms with Crippen LogP contribution in [-0.2, 0) is 16.1 Å². The summed E-state index contributed by atoms with van der Waals surface area (Å²) in [6.07, 6.45) is 3.51. The Morgan fingerprint density at radius 1 is 1.00 bits per heavy atom. The molecular weight excluding hydrogens is 350 g/mol. The van der Waals surface area contributed by atoms with Crippen molar-refractivity contribution in [1.82, 2.24) is 4.90 Å². The molecular formula is C23H27N3O2. The number of anilines is 2. The van der Waals surface area contributed by atoms with E-state index in [2.05, 4.69) is 34.5 Å². The summed E-state index contributed by atoms with van der Waals surface area (Å²) < 4.78 is 0. The molecule has 2 amide bonds. The number of nitrogens with one attached hydrogen (secondary N) is 1. The molecule has 5 nitrogen and oxygen atoms in total. The molecule has 28 heavy (non-hydrogen) atoms. The van der Waals surface area contributed by atoms with Gasteiger partial charge in [-0.3, -0.25) is 14.5 Å². The monoisotopic (exact) mass is 377 g/mol. The van der Waals surface area contributed by atoms with Gasteiger partial charge in [0.05, 0.1) is 5.92 Å². The highest BCUT2D eigenvalue weighted by Gasteiger charge is 2.26. The van der Waals surface area contributed by atoms with Gasteiger partial charge in [-0.25, -0.2) is 0 Å². The Hall–Kier alpha value is -2.66. The number of carbonyl (C=O) groups excluding carboxylic acids is 2. The Kier molecular flexibility index (Phi) is 5.72. The van der Waals surface area contributed by atoms with E-state index in [9.17, 15) is 9.59 Å². The Balaban J connectivity index is 1.33. The van der Waals surface area contributed by atoms with E-state index < -0.39 is 0 Å². The van der Waals surface area contributed by atoms with E-state index in [0.29, 0.717) is 6.42 Å². The number of amides is 2. The average molecular weight is 377 g/mol. The molecule has 2 heterocycles. The molecule has 2 aliphatic rings. The Morgan fingerprint density at radius 2 is 1.79 bits per heavy atom. The molecule has 1 N–H and O–H groups in total. The highest BCUT2D eigenvalue weighted by atomic mass is 16.2. The first-order valence-electron chi connectivity index (χ1n) is 10.2. The minimum Gasteiger partial charge on any atom is -0.326 e. The van der Waals surface area contributed by atoms with Gasteiger partial charge in [0, 0.05) is 37.4 Å². The lowest BCUT2D eigenvalue weighted by Crippen LogP contribution is -2.40. The number of piperidine rings is 1. The molecule has 0 aliphatic carbocycles. The molecule has 0 spiro atoms. The third kappa shape index (κ3) is 4.42. The number of hydrogen-bond donors (Lipinski definition) is 1. The van der Waals surface area contributed by atoms with Crippen LogP contribution in [0, 0.1) is 5.92 Å². The summed E-state index contributed by atoms with van der Waals surface area (Å²) in [5.74, 6) is 0.276. The second kappa shape index (κ2) is 8.57. The van der Waals surface area contributed by atoms with E-state index in [4.69, 9.17) is 0 Å². The lowest BCUT2D eigenvalue weighted by atomic mass is 9.96. The Morgan fingerprint density at radius 3 is 2.50 bits per heavy atom. The van der Waals surface area contributed by atoms with Crippen LogP contribution in [0.1, 0.15) is 31.2 Å². The third-order valence-corrected chi connectivity index (χ3v) is 5.65. The van der Waals surface area contributed by atoms with Crippen LogP contribution >= 0.6 is 0 Å². The first-order valence-corrected chi connectivity index (χ1v) is 10.2. The van der Waals surface area contributed by atoms with Crippen molar-refractivity contribution in [3.63, 3.8) is 0 Å². The maximum atomic E-state index is 12.8. The Bertz CT molecular complexity index is 820. The number of carbonyl (C=O) groups is 2. The predicted molar refractivity (Wildman–Crippen MR) is 111 cm³/mol. The lowest BCUT2D eigenvalue weighted by molar-refractivity contribution is -0.121. The Labute approximate surface area is 166 Å². The first-order chi connectivity index (χ1) is 13.7. The van der Waals surface area contributed by atoms with Gasteiger partial charge in [-0.2, -0.15) is 0 Å². The van der Waals surface area contributed by atoms with Crippen LogP contribution in [0.15, 0.2) is 54.6 Å². The lowest BCUT2D eigenvalue weighted by Gasteiger charge is -2.32. The van der Waals surface area contributed by atoms with Crippen molar-refractivity contribution < 1.29 is 9.59 Å². The maximum Gasteiger partial charge on any atom is 0.228 e. The molecule has 2 saturated heterocycles. The van der Waals surface area contributed by atoms with Crippen LogP contribution in [-0.4, -0.2) is 36.3 Å². The average Bonchev–Trinajstić information content (AvgIpc) is 3.15. The van der Waals surface area contributed by atoms with Crippen molar-refractivity contribution in [3.8, 4) is 0 Å². The largest absolute Gasteiger partial charge is 0.326 e. The molecule has 2 aromatic rings. The molecule has 0 radical (unpaired) electrons. The van der Waals surface area contributed by atoms with E-state index in [0.717, 1.165) is 56.8 Å². The normalized spacial score (nSPS) is 20.4. The van der Waals surface area contributed by atoms with Gasteiger partial charge in [0.1, 0.15) is 0 Å². The summed E-state index contributed by atoms with van der Waals surface area (Å²) in [5.41, 5.74) is 2.99. The maximum absolute atomic E-state index is 12.8. The summed E-state index contributed by atoms with van der Waals surface area (Å²) in [4.78, 5) is 28.8. The zero-order valence-electron chi connectivity index (χ0n) is 16.1. The molecule has 0 aromatic heterocycles. The molecule has 146 valence electrons. The molecule has 2 aromatic carbocycles. The van der Waals surface area contributed by atoms with Crippen LogP contribution in [0.2, 0.25) is 0 Å². The molecule has 1 unspecified atom stereocenters. The van der Waals surface area contributed by atoms with Crippen LogP contribution in [0.3, 0.4) is 0 Å². The van der Waals surface area contributed by atoms with Crippen molar-refractivity contribution in [2.75, 3.05) is 29.9 Å². The molecule has 0 saturated carbocycles. The van der Waals surface area contributed by atoms with E-state index in [-0.39, 0.29) is 17.7 Å². The van der Waals surface area contributed by atoms with Gasteiger partial charge in [-0.05, 0) is 55.6 Å². The van der Waals surface area contributed by atoms with Gasteiger partial charge >= 0.3 is 0 Å². The van der Waals surface area contributed by atoms with Gasteiger partial charge in [0.25, 0.3) is 0 Å². The first kappa shape index (κ1) is 18.7. The third-order valence-electron chi connectivity index (χ3n) is 5.65. The smallest absolute Gasteiger partial charge is 0.228 e. The fourth-order valence-corrected chi connectivity index (χ4v) is 4.14. The molecule has 0 bridgehead atoms. The van der Waals surface area contributed by atoms with E-state index in [1.807, 2.05) is 35.2 Å². The number of likely N-dealkylation sites (tertiary alicyclic amines) is 1. The van der Waals surface area contributed by atoms with Gasteiger partial charge in [0.2, 0.25) is 11.8 Å². The van der Waals surface area contributed by atoms with E-state index >= 15 is 0 Å². The fourth-order valence-electron chi connectivity index (χ4n) is 4.14. The predicted octanol–water partition coefficient (Wildman–Crippen LogP) is 3.66. The van der Waals surface area contributed by atoms with E-state index in [1.165, 1.54) is 5.56 Å². The zero-order chi connectivity index (χ0) is 19.3. The summed E-state index contributed by atoms with van der Waals surface area (Å²) in [6, 6.07) is 18.0. The topological polar surface area (TPSA) is 52.7 Å². The van der Waals surface area contributed by atoms with E-state index in [1.54, 1.807) is 0 Å². The summed E-state index contributed by atoms with van der Waals surface area (Å²) in [5, 5.41) is 3.06. The number of nitrogens with zero attached hydrogens (tertiary/aromatic N) is 2. The van der Waals surface area contributed by atoms with Crippen LogP contribution < -0.4 is 10.2 Å². The van der Waals surface area contributed by atoms with Gasteiger partial charge in [-0.15, -0.1) is 0 Å². The number of hydrogen-bond acceptors (Lipinski definition) is 3.